The van der Waals surface area contributed by atoms with Gasteiger partial charge in [0.05, 0.1) is 17.7 Å². The number of oxazole rings is 1. The molecule has 6 heteroatoms. The van der Waals surface area contributed by atoms with Gasteiger partial charge in [0.1, 0.15) is 0 Å². The number of methoxy groups -OCH3 is 1. The summed E-state index contributed by atoms with van der Waals surface area (Å²) in [5, 5.41) is 3.03. The molecule has 1 aromatic heterocycles. The van der Waals surface area contributed by atoms with Crippen molar-refractivity contribution in [2.45, 2.75) is 31.4 Å². The zero-order valence-electron chi connectivity index (χ0n) is 11.1. The van der Waals surface area contributed by atoms with E-state index in [9.17, 15) is 4.79 Å². The normalized spacial score (nSPS) is 22.2. The van der Waals surface area contributed by atoms with Gasteiger partial charge in [-0.15, -0.1) is 0 Å². The molecule has 2 atom stereocenters. The Labute approximate surface area is 121 Å². The third-order valence-electron chi connectivity index (χ3n) is 3.75. The van der Waals surface area contributed by atoms with Crippen molar-refractivity contribution >= 4 is 29.2 Å². The second kappa shape index (κ2) is 5.38. The molecule has 1 saturated carbocycles. The Hall–Kier alpha value is -1.66. The van der Waals surface area contributed by atoms with E-state index >= 15 is 0 Å². The predicted octanol–water partition coefficient (Wildman–Crippen LogP) is 2.79. The number of carbonyl (C=O) groups excluding carboxylic acids is 1. The zero-order valence-corrected chi connectivity index (χ0v) is 12.0. The lowest BCUT2D eigenvalue weighted by molar-refractivity contribution is 0.0722. The van der Waals surface area contributed by atoms with Gasteiger partial charge in [-0.05, 0) is 49.7 Å². The third-order valence-corrected chi connectivity index (χ3v) is 3.94. The Balaban J connectivity index is 1.79. The van der Waals surface area contributed by atoms with E-state index < -0.39 is 0 Å². The standard InChI is InChI=1S/C14H16N2O3S/c1-18-11-4-2-3-9(11)15-13(17)8-5-6-10-12(7-8)19-14(20)16-10/h5-7,9,11H,2-4H2,1H3,(H,15,17)(H,16,20). The summed E-state index contributed by atoms with van der Waals surface area (Å²) in [4.78, 5) is 15.5. The van der Waals surface area contributed by atoms with Crippen LogP contribution in [0.15, 0.2) is 22.6 Å². The van der Waals surface area contributed by atoms with Crippen molar-refractivity contribution in [1.29, 1.82) is 0 Å². The molecule has 5 nitrogen and oxygen atoms in total. The van der Waals surface area contributed by atoms with Gasteiger partial charge in [0, 0.05) is 12.7 Å². The smallest absolute Gasteiger partial charge is 0.266 e. The lowest BCUT2D eigenvalue weighted by Gasteiger charge is -2.19. The van der Waals surface area contributed by atoms with E-state index in [1.807, 2.05) is 0 Å². The van der Waals surface area contributed by atoms with Gasteiger partial charge in [0.15, 0.2) is 5.58 Å². The van der Waals surface area contributed by atoms with E-state index in [1.54, 1.807) is 25.3 Å². The molecular weight excluding hydrogens is 276 g/mol. The molecule has 1 fully saturated rings. The van der Waals surface area contributed by atoms with Crippen LogP contribution in [-0.4, -0.2) is 30.1 Å². The van der Waals surface area contributed by atoms with Crippen molar-refractivity contribution < 1.29 is 13.9 Å². The van der Waals surface area contributed by atoms with Crippen LogP contribution in [0.25, 0.3) is 11.1 Å². The molecule has 106 valence electrons. The maximum atomic E-state index is 12.3. The number of benzene rings is 1. The molecule has 2 aromatic rings. The minimum Gasteiger partial charge on any atom is -0.429 e. The summed E-state index contributed by atoms with van der Waals surface area (Å²) in [6.45, 7) is 0. The van der Waals surface area contributed by atoms with Crippen LogP contribution >= 0.6 is 12.2 Å². The van der Waals surface area contributed by atoms with Gasteiger partial charge in [-0.25, -0.2) is 0 Å². The first-order chi connectivity index (χ1) is 9.67. The molecule has 2 N–H and O–H groups in total. The number of aromatic amines is 1. The van der Waals surface area contributed by atoms with Crippen LogP contribution in [0.4, 0.5) is 0 Å². The van der Waals surface area contributed by atoms with Gasteiger partial charge in [0.25, 0.3) is 10.7 Å². The number of hydrogen-bond acceptors (Lipinski definition) is 4. The van der Waals surface area contributed by atoms with E-state index in [2.05, 4.69) is 10.3 Å². The van der Waals surface area contributed by atoms with E-state index in [0.717, 1.165) is 24.8 Å². The number of amides is 1. The zero-order chi connectivity index (χ0) is 14.1. The molecule has 2 unspecified atom stereocenters. The highest BCUT2D eigenvalue weighted by Gasteiger charge is 2.28. The van der Waals surface area contributed by atoms with E-state index in [4.69, 9.17) is 21.4 Å². The van der Waals surface area contributed by atoms with Crippen LogP contribution in [0, 0.1) is 4.84 Å². The highest BCUT2D eigenvalue weighted by Crippen LogP contribution is 2.22. The predicted molar refractivity (Wildman–Crippen MR) is 77.3 cm³/mol. The SMILES string of the molecule is COC1CCCC1NC(=O)c1ccc2[nH]c(=S)oc2c1. The summed E-state index contributed by atoms with van der Waals surface area (Å²) in [6, 6.07) is 5.34. The number of aromatic nitrogens is 1. The lowest BCUT2D eigenvalue weighted by Crippen LogP contribution is -2.40. The summed E-state index contributed by atoms with van der Waals surface area (Å²) in [6.07, 6.45) is 3.14. The van der Waals surface area contributed by atoms with Crippen LogP contribution in [0.2, 0.25) is 0 Å². The minimum absolute atomic E-state index is 0.0841. The molecule has 0 radical (unpaired) electrons. The van der Waals surface area contributed by atoms with Gasteiger partial charge in [-0.3, -0.25) is 4.79 Å². The van der Waals surface area contributed by atoms with Crippen LogP contribution in [-0.2, 0) is 4.74 Å². The van der Waals surface area contributed by atoms with Gasteiger partial charge in [-0.1, -0.05) is 0 Å². The molecule has 1 amide bonds. The molecule has 1 aliphatic carbocycles. The second-order valence-corrected chi connectivity index (χ2v) is 5.38. The Morgan fingerprint density at radius 2 is 2.35 bits per heavy atom. The molecule has 0 bridgehead atoms. The Morgan fingerprint density at radius 1 is 1.50 bits per heavy atom. The van der Waals surface area contributed by atoms with E-state index in [1.165, 1.54) is 0 Å². The summed E-state index contributed by atoms with van der Waals surface area (Å²) in [5.74, 6) is -0.108. The van der Waals surface area contributed by atoms with Gasteiger partial charge < -0.3 is 19.5 Å². The molecule has 20 heavy (non-hydrogen) atoms. The minimum atomic E-state index is -0.108. The maximum Gasteiger partial charge on any atom is 0.266 e. The fourth-order valence-corrected chi connectivity index (χ4v) is 2.91. The van der Waals surface area contributed by atoms with Crippen molar-refractivity contribution in [3.63, 3.8) is 0 Å². The molecule has 0 aliphatic heterocycles. The van der Waals surface area contributed by atoms with Gasteiger partial charge >= 0.3 is 0 Å². The summed E-state index contributed by atoms with van der Waals surface area (Å²) < 4.78 is 10.7. The Kier molecular flexibility index (Phi) is 3.58. The van der Waals surface area contributed by atoms with Gasteiger partial charge in [0.2, 0.25) is 0 Å². The van der Waals surface area contributed by atoms with Crippen molar-refractivity contribution in [2.75, 3.05) is 7.11 Å². The first kappa shape index (κ1) is 13.3. The number of ether oxygens (including phenoxy) is 1. The number of H-pyrrole nitrogens is 1. The topological polar surface area (TPSA) is 67.3 Å². The van der Waals surface area contributed by atoms with E-state index in [-0.39, 0.29) is 18.1 Å². The molecule has 0 spiro atoms. The first-order valence-corrected chi connectivity index (χ1v) is 7.05. The number of rotatable bonds is 3. The Morgan fingerprint density at radius 3 is 3.15 bits per heavy atom. The van der Waals surface area contributed by atoms with Crippen molar-refractivity contribution in [2.24, 2.45) is 0 Å². The largest absolute Gasteiger partial charge is 0.429 e. The monoisotopic (exact) mass is 292 g/mol. The highest BCUT2D eigenvalue weighted by atomic mass is 32.1. The van der Waals surface area contributed by atoms with Crippen LogP contribution < -0.4 is 5.32 Å². The maximum absolute atomic E-state index is 12.3. The number of nitrogens with one attached hydrogen (secondary N) is 2. The Bertz CT molecular complexity index is 691. The van der Waals surface area contributed by atoms with Crippen LogP contribution in [0.5, 0.6) is 0 Å². The molecule has 3 rings (SSSR count). The molecule has 1 aromatic carbocycles. The summed E-state index contributed by atoms with van der Waals surface area (Å²) >= 11 is 4.93. The quantitative estimate of drug-likeness (QED) is 0.854. The lowest BCUT2D eigenvalue weighted by atomic mass is 10.1. The van der Waals surface area contributed by atoms with Crippen LogP contribution in [0.1, 0.15) is 29.6 Å². The number of hydrogen-bond donors (Lipinski definition) is 2. The van der Waals surface area contributed by atoms with Gasteiger partial charge in [-0.2, -0.15) is 0 Å². The average molecular weight is 292 g/mol. The van der Waals surface area contributed by atoms with Crippen molar-refractivity contribution in [1.82, 2.24) is 10.3 Å². The molecule has 0 saturated heterocycles. The number of fused-ring (bicyclic) bond motifs is 1. The second-order valence-electron chi connectivity index (χ2n) is 5.01. The fraction of sp³-hybridized carbons (Fsp3) is 0.429. The molecule has 1 aliphatic rings. The van der Waals surface area contributed by atoms with E-state index in [0.29, 0.717) is 16.0 Å². The third kappa shape index (κ3) is 2.48. The van der Waals surface area contributed by atoms with Crippen LogP contribution in [0.3, 0.4) is 0 Å². The van der Waals surface area contributed by atoms with Crippen molar-refractivity contribution in [3.8, 4) is 0 Å². The number of carbonyl (C=O) groups is 1. The fourth-order valence-electron chi connectivity index (χ4n) is 2.71. The summed E-state index contributed by atoms with van der Waals surface area (Å²) in [5.41, 5.74) is 1.96. The molecule has 1 heterocycles. The van der Waals surface area contributed by atoms with Crippen molar-refractivity contribution in [3.05, 3.63) is 28.6 Å². The highest BCUT2D eigenvalue weighted by molar-refractivity contribution is 7.71. The molecular formula is C14H16N2O3S. The first-order valence-electron chi connectivity index (χ1n) is 6.64. The average Bonchev–Trinajstić information content (AvgIpc) is 3.02. The summed E-state index contributed by atoms with van der Waals surface area (Å²) in [7, 11) is 1.69.